The third-order valence-corrected chi connectivity index (χ3v) is 4.13. The van der Waals surface area contributed by atoms with Gasteiger partial charge in [-0.25, -0.2) is 4.68 Å². The van der Waals surface area contributed by atoms with E-state index in [9.17, 15) is 0 Å². The summed E-state index contributed by atoms with van der Waals surface area (Å²) in [5, 5.41) is 11.3. The lowest BCUT2D eigenvalue weighted by Gasteiger charge is -2.24. The van der Waals surface area contributed by atoms with Gasteiger partial charge in [-0.15, -0.1) is 24.0 Å². The van der Waals surface area contributed by atoms with E-state index in [1.807, 2.05) is 37.6 Å². The lowest BCUT2D eigenvalue weighted by Crippen LogP contribution is -2.45. The molecule has 0 fully saturated rings. The van der Waals surface area contributed by atoms with Gasteiger partial charge in [-0.3, -0.25) is 4.99 Å². The molecule has 0 amide bonds. The van der Waals surface area contributed by atoms with Crippen LogP contribution in [0.2, 0.25) is 0 Å². The second-order valence-corrected chi connectivity index (χ2v) is 6.71. The number of aliphatic imine (C=N–C) groups is 1. The largest absolute Gasteiger partial charge is 0.377 e. The van der Waals surface area contributed by atoms with Crippen molar-refractivity contribution in [1.82, 2.24) is 20.4 Å². The molecule has 1 aromatic heterocycles. The standard InChI is InChI=1S/C19H29N5O.HI/c1-14-11-15(2)24(23-14)17-10-8-7-9-16(17)12-21-18(20-5)22-13-19(3,4)25-6;/h7-11H,12-13H2,1-6H3,(H2,20,21,22);1H. The number of nitrogens with one attached hydrogen (secondary N) is 2. The molecular weight excluding hydrogens is 441 g/mol. The molecule has 0 radical (unpaired) electrons. The Labute approximate surface area is 173 Å². The number of benzene rings is 1. The van der Waals surface area contributed by atoms with Gasteiger partial charge in [0.1, 0.15) is 0 Å². The zero-order chi connectivity index (χ0) is 18.4. The number of aromatic nitrogens is 2. The summed E-state index contributed by atoms with van der Waals surface area (Å²) in [4.78, 5) is 4.28. The van der Waals surface area contributed by atoms with Crippen LogP contribution in [0.1, 0.15) is 30.8 Å². The van der Waals surface area contributed by atoms with Gasteiger partial charge in [0.2, 0.25) is 0 Å². The number of ether oxygens (including phenoxy) is 1. The number of aryl methyl sites for hydroxylation is 2. The fourth-order valence-corrected chi connectivity index (χ4v) is 2.51. The molecule has 0 aliphatic carbocycles. The average Bonchev–Trinajstić information content (AvgIpc) is 2.93. The number of rotatable bonds is 6. The van der Waals surface area contributed by atoms with Crippen molar-refractivity contribution >= 4 is 29.9 Å². The topological polar surface area (TPSA) is 63.5 Å². The molecule has 26 heavy (non-hydrogen) atoms. The minimum absolute atomic E-state index is 0. The van der Waals surface area contributed by atoms with Crippen molar-refractivity contribution in [2.75, 3.05) is 20.7 Å². The molecule has 7 heteroatoms. The van der Waals surface area contributed by atoms with Crippen LogP contribution < -0.4 is 10.6 Å². The average molecular weight is 471 g/mol. The Balaban J connectivity index is 0.00000338. The molecule has 1 aromatic carbocycles. The van der Waals surface area contributed by atoms with Crippen LogP contribution in [0.15, 0.2) is 35.3 Å². The SMILES string of the molecule is CN=C(NCc1ccccc1-n1nc(C)cc1C)NCC(C)(C)OC.I. The molecule has 0 saturated carbocycles. The first-order valence-electron chi connectivity index (χ1n) is 8.47. The van der Waals surface area contributed by atoms with Gasteiger partial charge in [-0.1, -0.05) is 18.2 Å². The second-order valence-electron chi connectivity index (χ2n) is 6.71. The van der Waals surface area contributed by atoms with E-state index in [4.69, 9.17) is 4.74 Å². The molecule has 6 nitrogen and oxygen atoms in total. The summed E-state index contributed by atoms with van der Waals surface area (Å²) in [6, 6.07) is 10.3. The highest BCUT2D eigenvalue weighted by Gasteiger charge is 2.16. The summed E-state index contributed by atoms with van der Waals surface area (Å²) in [6.07, 6.45) is 0. The third kappa shape index (κ3) is 5.98. The number of para-hydroxylation sites is 1. The molecule has 0 bridgehead atoms. The minimum Gasteiger partial charge on any atom is -0.377 e. The molecule has 0 aliphatic heterocycles. The highest BCUT2D eigenvalue weighted by atomic mass is 127. The van der Waals surface area contributed by atoms with Gasteiger partial charge in [0.05, 0.1) is 17.0 Å². The van der Waals surface area contributed by atoms with Crippen molar-refractivity contribution in [1.29, 1.82) is 0 Å². The van der Waals surface area contributed by atoms with Crippen molar-refractivity contribution in [3.63, 3.8) is 0 Å². The summed E-state index contributed by atoms with van der Waals surface area (Å²) in [7, 11) is 3.48. The monoisotopic (exact) mass is 471 g/mol. The van der Waals surface area contributed by atoms with E-state index in [1.165, 1.54) is 0 Å². The van der Waals surface area contributed by atoms with E-state index in [-0.39, 0.29) is 29.6 Å². The fourth-order valence-electron chi connectivity index (χ4n) is 2.51. The van der Waals surface area contributed by atoms with Crippen molar-refractivity contribution in [2.24, 2.45) is 4.99 Å². The zero-order valence-electron chi connectivity index (χ0n) is 16.5. The second kappa shape index (κ2) is 9.91. The van der Waals surface area contributed by atoms with Crippen molar-refractivity contribution in [3.8, 4) is 5.69 Å². The molecule has 1 heterocycles. The Morgan fingerprint density at radius 3 is 2.50 bits per heavy atom. The van der Waals surface area contributed by atoms with Crippen LogP contribution in [0.25, 0.3) is 5.69 Å². The van der Waals surface area contributed by atoms with E-state index in [1.54, 1.807) is 14.2 Å². The molecule has 2 rings (SSSR count). The van der Waals surface area contributed by atoms with Crippen LogP contribution in [0.3, 0.4) is 0 Å². The first-order valence-corrected chi connectivity index (χ1v) is 8.47. The van der Waals surface area contributed by atoms with Crippen LogP contribution in [0.5, 0.6) is 0 Å². The predicted octanol–water partition coefficient (Wildman–Crippen LogP) is 3.20. The number of methoxy groups -OCH3 is 1. The van der Waals surface area contributed by atoms with Crippen LogP contribution in [-0.4, -0.2) is 42.0 Å². The maximum absolute atomic E-state index is 5.43. The van der Waals surface area contributed by atoms with Gasteiger partial charge in [0.15, 0.2) is 5.96 Å². The van der Waals surface area contributed by atoms with Gasteiger partial charge >= 0.3 is 0 Å². The lowest BCUT2D eigenvalue weighted by atomic mass is 10.1. The molecule has 0 unspecified atom stereocenters. The van der Waals surface area contributed by atoms with E-state index < -0.39 is 0 Å². The number of halogens is 1. The maximum atomic E-state index is 5.43. The number of nitrogens with zero attached hydrogens (tertiary/aromatic N) is 3. The molecule has 0 spiro atoms. The summed E-state index contributed by atoms with van der Waals surface area (Å²) >= 11 is 0. The van der Waals surface area contributed by atoms with Gasteiger partial charge < -0.3 is 15.4 Å². The maximum Gasteiger partial charge on any atom is 0.191 e. The summed E-state index contributed by atoms with van der Waals surface area (Å²) < 4.78 is 7.41. The number of guanidine groups is 1. The normalized spacial score (nSPS) is 11.8. The highest BCUT2D eigenvalue weighted by Crippen LogP contribution is 2.16. The van der Waals surface area contributed by atoms with E-state index in [2.05, 4.69) is 45.8 Å². The molecule has 0 aliphatic rings. The van der Waals surface area contributed by atoms with Gasteiger partial charge in [-0.2, -0.15) is 5.10 Å². The molecule has 0 saturated heterocycles. The minimum atomic E-state index is -0.251. The van der Waals surface area contributed by atoms with Crippen molar-refractivity contribution in [2.45, 2.75) is 39.8 Å². The number of hydrogen-bond donors (Lipinski definition) is 2. The third-order valence-electron chi connectivity index (χ3n) is 4.13. The van der Waals surface area contributed by atoms with E-state index in [0.29, 0.717) is 13.1 Å². The first-order chi connectivity index (χ1) is 11.9. The molecular formula is C19H30IN5O. The Kier molecular flexibility index (Phi) is 8.55. The van der Waals surface area contributed by atoms with E-state index >= 15 is 0 Å². The Morgan fingerprint density at radius 2 is 1.92 bits per heavy atom. The van der Waals surface area contributed by atoms with Crippen LogP contribution >= 0.6 is 24.0 Å². The fraction of sp³-hybridized carbons (Fsp3) is 0.474. The Bertz CT molecular complexity index is 739. The zero-order valence-corrected chi connectivity index (χ0v) is 18.8. The first kappa shape index (κ1) is 22.4. The van der Waals surface area contributed by atoms with Crippen LogP contribution in [0, 0.1) is 13.8 Å². The Hall–Kier alpha value is -1.61. The predicted molar refractivity (Wildman–Crippen MR) is 118 cm³/mol. The summed E-state index contributed by atoms with van der Waals surface area (Å²) in [6.45, 7) is 9.46. The van der Waals surface area contributed by atoms with E-state index in [0.717, 1.165) is 28.6 Å². The van der Waals surface area contributed by atoms with Crippen LogP contribution in [-0.2, 0) is 11.3 Å². The molecule has 0 atom stereocenters. The van der Waals surface area contributed by atoms with Crippen molar-refractivity contribution in [3.05, 3.63) is 47.3 Å². The Morgan fingerprint density at radius 1 is 1.23 bits per heavy atom. The number of hydrogen-bond acceptors (Lipinski definition) is 3. The summed E-state index contributed by atoms with van der Waals surface area (Å²) in [5.74, 6) is 0.744. The van der Waals surface area contributed by atoms with Crippen LogP contribution in [0.4, 0.5) is 0 Å². The highest BCUT2D eigenvalue weighted by molar-refractivity contribution is 14.0. The molecule has 2 aromatic rings. The molecule has 2 N–H and O–H groups in total. The van der Waals surface area contributed by atoms with Gasteiger partial charge in [0, 0.05) is 32.9 Å². The summed E-state index contributed by atoms with van der Waals surface area (Å²) in [5.41, 5.74) is 4.11. The van der Waals surface area contributed by atoms with Crippen molar-refractivity contribution < 1.29 is 4.74 Å². The van der Waals surface area contributed by atoms with Gasteiger partial charge in [-0.05, 0) is 45.4 Å². The van der Waals surface area contributed by atoms with Gasteiger partial charge in [0.25, 0.3) is 0 Å². The quantitative estimate of drug-likeness (QED) is 0.386. The lowest BCUT2D eigenvalue weighted by molar-refractivity contribution is 0.0268. The molecule has 144 valence electrons. The smallest absolute Gasteiger partial charge is 0.191 e.